The van der Waals surface area contributed by atoms with Gasteiger partial charge in [-0.1, -0.05) is 57.0 Å². The molecule has 0 amide bonds. The number of ether oxygens (including phenoxy) is 1. The molecule has 3 atom stereocenters. The van der Waals surface area contributed by atoms with Crippen LogP contribution in [0, 0.1) is 5.92 Å². The van der Waals surface area contributed by atoms with Gasteiger partial charge in [-0.2, -0.15) is 5.48 Å². The summed E-state index contributed by atoms with van der Waals surface area (Å²) in [4.78, 5) is 17.5. The molecule has 21 heavy (non-hydrogen) atoms. The zero-order chi connectivity index (χ0) is 15.1. The van der Waals surface area contributed by atoms with Crippen molar-refractivity contribution in [2.24, 2.45) is 5.92 Å². The van der Waals surface area contributed by atoms with Crippen LogP contribution in [0.1, 0.15) is 45.1 Å². The Balaban J connectivity index is 1.89. The topological polar surface area (TPSA) is 47.6 Å². The molecule has 4 heteroatoms. The highest BCUT2D eigenvalue weighted by molar-refractivity contribution is 5.78. The Morgan fingerprint density at radius 3 is 2.52 bits per heavy atom. The fourth-order valence-electron chi connectivity index (χ4n) is 2.87. The molecule has 4 nitrogen and oxygen atoms in total. The second-order valence-corrected chi connectivity index (χ2v) is 5.59. The summed E-state index contributed by atoms with van der Waals surface area (Å²) < 4.78 is 5.50. The van der Waals surface area contributed by atoms with Gasteiger partial charge in [0.15, 0.2) is 0 Å². The molecule has 1 N–H and O–H groups in total. The van der Waals surface area contributed by atoms with Gasteiger partial charge in [-0.3, -0.25) is 9.63 Å². The highest BCUT2D eigenvalue weighted by atomic mass is 16.7. The minimum Gasteiger partial charge on any atom is -0.461 e. The number of hydrogen-bond acceptors (Lipinski definition) is 4. The van der Waals surface area contributed by atoms with Crippen molar-refractivity contribution in [1.29, 1.82) is 0 Å². The van der Waals surface area contributed by atoms with Crippen molar-refractivity contribution in [2.45, 2.75) is 58.3 Å². The third kappa shape index (κ3) is 4.29. The monoisotopic (exact) mass is 291 g/mol. The van der Waals surface area contributed by atoms with Crippen molar-refractivity contribution < 1.29 is 14.4 Å². The summed E-state index contributed by atoms with van der Waals surface area (Å²) in [6.07, 6.45) is 3.99. The predicted molar refractivity (Wildman–Crippen MR) is 81.3 cm³/mol. The van der Waals surface area contributed by atoms with E-state index < -0.39 is 0 Å². The molecule has 0 aliphatic carbocycles. The summed E-state index contributed by atoms with van der Waals surface area (Å²) >= 11 is 0. The van der Waals surface area contributed by atoms with Crippen LogP contribution in [0.3, 0.4) is 0 Å². The van der Waals surface area contributed by atoms with E-state index in [4.69, 9.17) is 9.57 Å². The Morgan fingerprint density at radius 1 is 1.14 bits per heavy atom. The molecule has 1 saturated heterocycles. The molecule has 0 unspecified atom stereocenters. The summed E-state index contributed by atoms with van der Waals surface area (Å²) in [5.41, 5.74) is 4.01. The Bertz CT molecular complexity index is 435. The number of hydroxylamine groups is 1. The van der Waals surface area contributed by atoms with Gasteiger partial charge in [0, 0.05) is 5.92 Å². The zero-order valence-corrected chi connectivity index (χ0v) is 12.9. The smallest absolute Gasteiger partial charge is 0.326 e. The molecule has 1 aliphatic rings. The van der Waals surface area contributed by atoms with Gasteiger partial charge in [0.05, 0.1) is 6.61 Å². The third-order valence-electron chi connectivity index (χ3n) is 3.91. The normalized spacial score (nSPS) is 25.0. The Morgan fingerprint density at radius 2 is 1.86 bits per heavy atom. The van der Waals surface area contributed by atoms with Crippen LogP contribution in [0.2, 0.25) is 0 Å². The largest absolute Gasteiger partial charge is 0.461 e. The van der Waals surface area contributed by atoms with Gasteiger partial charge in [-0.05, 0) is 18.4 Å². The predicted octanol–water partition coefficient (Wildman–Crippen LogP) is 3.22. The Hall–Kier alpha value is -1.39. The molecule has 0 aromatic heterocycles. The maximum absolute atomic E-state index is 12.0. The highest BCUT2D eigenvalue weighted by Crippen LogP contribution is 2.30. The maximum Gasteiger partial charge on any atom is 0.326 e. The molecule has 1 aromatic carbocycles. The van der Waals surface area contributed by atoms with E-state index in [-0.39, 0.29) is 24.0 Å². The molecule has 1 aliphatic heterocycles. The van der Waals surface area contributed by atoms with Crippen LogP contribution in [0.5, 0.6) is 0 Å². The first-order chi connectivity index (χ1) is 10.3. The second kappa shape index (κ2) is 8.15. The summed E-state index contributed by atoms with van der Waals surface area (Å²) in [5.74, 6) is 0.0261. The number of nitrogens with one attached hydrogen (secondary N) is 1. The molecular formula is C17H25NO3. The summed E-state index contributed by atoms with van der Waals surface area (Å²) in [6.45, 7) is 4.69. The fraction of sp³-hybridized carbons (Fsp3) is 0.588. The first kappa shape index (κ1) is 16.0. The van der Waals surface area contributed by atoms with E-state index in [0.717, 1.165) is 31.2 Å². The number of hydrogen-bond donors (Lipinski definition) is 1. The SMILES string of the molecule is CCC[C@@H]1[C@H](CCC)OC(=O)[C@@H]1NOCc1ccccc1. The lowest BCUT2D eigenvalue weighted by Gasteiger charge is -2.20. The van der Waals surface area contributed by atoms with Crippen molar-refractivity contribution in [3.8, 4) is 0 Å². The first-order valence-corrected chi connectivity index (χ1v) is 7.88. The molecular weight excluding hydrogens is 266 g/mol. The number of carbonyl (C=O) groups is 1. The van der Waals surface area contributed by atoms with Gasteiger partial charge in [0.1, 0.15) is 12.1 Å². The number of cyclic esters (lactones) is 1. The first-order valence-electron chi connectivity index (χ1n) is 7.88. The van der Waals surface area contributed by atoms with Crippen LogP contribution in [0.15, 0.2) is 30.3 Å². The van der Waals surface area contributed by atoms with E-state index in [2.05, 4.69) is 19.3 Å². The van der Waals surface area contributed by atoms with Gasteiger partial charge in [-0.25, -0.2) is 0 Å². The zero-order valence-electron chi connectivity index (χ0n) is 12.9. The van der Waals surface area contributed by atoms with Crippen LogP contribution in [-0.4, -0.2) is 18.1 Å². The van der Waals surface area contributed by atoms with Gasteiger partial charge < -0.3 is 4.74 Å². The summed E-state index contributed by atoms with van der Waals surface area (Å²) in [5, 5.41) is 0. The third-order valence-corrected chi connectivity index (χ3v) is 3.91. The molecule has 0 saturated carbocycles. The van der Waals surface area contributed by atoms with Crippen LogP contribution >= 0.6 is 0 Å². The molecule has 116 valence electrons. The van der Waals surface area contributed by atoms with Crippen molar-refractivity contribution in [3.63, 3.8) is 0 Å². The lowest BCUT2D eigenvalue weighted by Crippen LogP contribution is -2.39. The molecule has 2 rings (SSSR count). The fourth-order valence-corrected chi connectivity index (χ4v) is 2.87. The number of esters is 1. The van der Waals surface area contributed by atoms with Gasteiger partial charge in [-0.15, -0.1) is 0 Å². The van der Waals surface area contributed by atoms with Gasteiger partial charge >= 0.3 is 5.97 Å². The average molecular weight is 291 g/mol. The number of benzene rings is 1. The molecule has 0 bridgehead atoms. The lowest BCUT2D eigenvalue weighted by atomic mass is 9.90. The highest BCUT2D eigenvalue weighted by Gasteiger charge is 2.43. The summed E-state index contributed by atoms with van der Waals surface area (Å²) in [7, 11) is 0. The van der Waals surface area contributed by atoms with Crippen molar-refractivity contribution in [2.75, 3.05) is 0 Å². The molecule has 0 spiro atoms. The van der Waals surface area contributed by atoms with Crippen LogP contribution < -0.4 is 5.48 Å². The molecule has 0 radical (unpaired) electrons. The second-order valence-electron chi connectivity index (χ2n) is 5.59. The Labute approximate surface area is 126 Å². The van der Waals surface area contributed by atoms with E-state index in [1.807, 2.05) is 30.3 Å². The minimum absolute atomic E-state index is 0.0280. The van der Waals surface area contributed by atoms with E-state index in [1.165, 1.54) is 0 Å². The maximum atomic E-state index is 12.0. The average Bonchev–Trinajstić information content (AvgIpc) is 2.78. The summed E-state index contributed by atoms with van der Waals surface area (Å²) in [6, 6.07) is 9.57. The van der Waals surface area contributed by atoms with Crippen molar-refractivity contribution in [1.82, 2.24) is 5.48 Å². The van der Waals surface area contributed by atoms with Crippen molar-refractivity contribution in [3.05, 3.63) is 35.9 Å². The molecule has 1 heterocycles. The van der Waals surface area contributed by atoms with E-state index >= 15 is 0 Å². The standard InChI is InChI=1S/C17H25NO3/c1-3-8-14-15(9-4-2)21-17(19)16(14)18-20-12-13-10-6-5-7-11-13/h5-7,10-11,14-16,18H,3-4,8-9,12H2,1-2H3/t14-,15+,16-/m1/s1. The Kier molecular flexibility index (Phi) is 6.21. The van der Waals surface area contributed by atoms with Crippen LogP contribution in [-0.2, 0) is 21.0 Å². The number of carbonyl (C=O) groups excluding carboxylic acids is 1. The van der Waals surface area contributed by atoms with E-state index in [1.54, 1.807) is 0 Å². The quantitative estimate of drug-likeness (QED) is 0.590. The van der Waals surface area contributed by atoms with Crippen LogP contribution in [0.25, 0.3) is 0 Å². The number of rotatable bonds is 8. The van der Waals surface area contributed by atoms with Gasteiger partial charge in [0.25, 0.3) is 0 Å². The minimum atomic E-state index is -0.342. The van der Waals surface area contributed by atoms with E-state index in [9.17, 15) is 4.79 Å². The van der Waals surface area contributed by atoms with Gasteiger partial charge in [0.2, 0.25) is 0 Å². The van der Waals surface area contributed by atoms with Crippen molar-refractivity contribution >= 4 is 5.97 Å². The van der Waals surface area contributed by atoms with Crippen LogP contribution in [0.4, 0.5) is 0 Å². The van der Waals surface area contributed by atoms with E-state index in [0.29, 0.717) is 6.61 Å². The molecule has 1 fully saturated rings. The lowest BCUT2D eigenvalue weighted by molar-refractivity contribution is -0.146. The molecule has 1 aromatic rings.